The molecule has 3 rings (SSSR count). The molecule has 0 radical (unpaired) electrons. The average molecular weight is 391 g/mol. The van der Waals surface area contributed by atoms with Crippen molar-refractivity contribution in [1.29, 1.82) is 0 Å². The van der Waals surface area contributed by atoms with Crippen LogP contribution in [-0.4, -0.2) is 45.4 Å². The third kappa shape index (κ3) is 4.37. The Morgan fingerprint density at radius 2 is 1.93 bits per heavy atom. The molecule has 0 aliphatic carbocycles. The summed E-state index contributed by atoms with van der Waals surface area (Å²) in [5, 5.41) is 14.4. The molecule has 1 aliphatic heterocycles. The molecular weight excluding hydrogens is 370 g/mol. The Bertz CT molecular complexity index is 944. The van der Waals surface area contributed by atoms with Crippen molar-refractivity contribution in [2.24, 2.45) is 0 Å². The Morgan fingerprint density at radius 1 is 1.22 bits per heavy atom. The molecule has 8 nitrogen and oxygen atoms in total. The van der Waals surface area contributed by atoms with Crippen molar-refractivity contribution in [3.8, 4) is 0 Å². The Kier molecular flexibility index (Phi) is 5.33. The van der Waals surface area contributed by atoms with Gasteiger partial charge in [-0.15, -0.1) is 0 Å². The highest BCUT2D eigenvalue weighted by Crippen LogP contribution is 2.34. The van der Waals surface area contributed by atoms with E-state index in [1.54, 1.807) is 0 Å². The summed E-state index contributed by atoms with van der Waals surface area (Å²) in [5.74, 6) is 0. The first kappa shape index (κ1) is 19.1. The van der Waals surface area contributed by atoms with E-state index in [0.29, 0.717) is 12.3 Å². The smallest absolute Gasteiger partial charge is 0.311 e. The van der Waals surface area contributed by atoms with E-state index in [-0.39, 0.29) is 16.7 Å². The quantitative estimate of drug-likeness (QED) is 0.617. The van der Waals surface area contributed by atoms with Crippen LogP contribution in [0.5, 0.6) is 0 Å². The largest absolute Gasteiger partial charge is 0.375 e. The van der Waals surface area contributed by atoms with E-state index in [1.165, 1.54) is 18.2 Å². The summed E-state index contributed by atoms with van der Waals surface area (Å²) in [5.41, 5.74) is 1.35. The number of benzene rings is 2. The monoisotopic (exact) mass is 391 g/mol. The number of sulfone groups is 1. The van der Waals surface area contributed by atoms with Crippen LogP contribution in [0.1, 0.15) is 6.92 Å². The standard InChI is InChI=1S/C18H21N3O5S/c1-13-12-20(10-11-26-13)15-8-6-14(7-9-15)19-16-4-3-5-17(27(2,24)25)18(16)21(22)23/h3-9,13,19H,10-12H2,1-2H3. The number of hydrogen-bond donors (Lipinski definition) is 1. The molecule has 1 saturated heterocycles. The summed E-state index contributed by atoms with van der Waals surface area (Å²) in [6.45, 7) is 4.30. The summed E-state index contributed by atoms with van der Waals surface area (Å²) in [6, 6.07) is 11.7. The molecule has 1 unspecified atom stereocenters. The van der Waals surface area contributed by atoms with E-state index in [4.69, 9.17) is 4.74 Å². The summed E-state index contributed by atoms with van der Waals surface area (Å²) in [4.78, 5) is 12.7. The first-order chi connectivity index (χ1) is 12.8. The molecule has 2 aromatic carbocycles. The van der Waals surface area contributed by atoms with Crippen molar-refractivity contribution in [3.63, 3.8) is 0 Å². The predicted molar refractivity (Wildman–Crippen MR) is 104 cm³/mol. The fraction of sp³-hybridized carbons (Fsp3) is 0.333. The van der Waals surface area contributed by atoms with Gasteiger partial charge in [0.05, 0.1) is 17.6 Å². The van der Waals surface area contributed by atoms with E-state index in [9.17, 15) is 18.5 Å². The molecule has 1 atom stereocenters. The van der Waals surface area contributed by atoms with Crippen molar-refractivity contribution in [1.82, 2.24) is 0 Å². The van der Waals surface area contributed by atoms with Gasteiger partial charge < -0.3 is 15.0 Å². The Balaban J connectivity index is 1.86. The highest BCUT2D eigenvalue weighted by atomic mass is 32.2. The highest BCUT2D eigenvalue weighted by molar-refractivity contribution is 7.90. The lowest BCUT2D eigenvalue weighted by Gasteiger charge is -2.33. The minimum Gasteiger partial charge on any atom is -0.375 e. The van der Waals surface area contributed by atoms with Crippen LogP contribution >= 0.6 is 0 Å². The number of rotatable bonds is 5. The minimum absolute atomic E-state index is 0.135. The van der Waals surface area contributed by atoms with Crippen LogP contribution in [0.25, 0.3) is 0 Å². The van der Waals surface area contributed by atoms with Gasteiger partial charge in [0.2, 0.25) is 0 Å². The second-order valence-electron chi connectivity index (χ2n) is 6.48. The van der Waals surface area contributed by atoms with Gasteiger partial charge in [0.1, 0.15) is 10.6 Å². The molecule has 27 heavy (non-hydrogen) atoms. The number of morpholine rings is 1. The minimum atomic E-state index is -3.72. The van der Waals surface area contributed by atoms with Gasteiger partial charge in [0.25, 0.3) is 0 Å². The predicted octanol–water partition coefficient (Wildman–Crippen LogP) is 2.97. The van der Waals surface area contributed by atoms with E-state index in [2.05, 4.69) is 10.2 Å². The van der Waals surface area contributed by atoms with Crippen LogP contribution in [-0.2, 0) is 14.6 Å². The zero-order valence-corrected chi connectivity index (χ0v) is 15.9. The van der Waals surface area contributed by atoms with E-state index < -0.39 is 20.4 Å². The summed E-state index contributed by atoms with van der Waals surface area (Å²) < 4.78 is 29.3. The van der Waals surface area contributed by atoms with Gasteiger partial charge in [-0.1, -0.05) is 6.07 Å². The lowest BCUT2D eigenvalue weighted by molar-refractivity contribution is -0.386. The fourth-order valence-electron chi connectivity index (χ4n) is 3.07. The number of nitro benzene ring substituents is 1. The van der Waals surface area contributed by atoms with Crippen molar-refractivity contribution in [2.45, 2.75) is 17.9 Å². The number of ether oxygens (including phenoxy) is 1. The molecule has 1 N–H and O–H groups in total. The molecule has 1 fully saturated rings. The van der Waals surface area contributed by atoms with Crippen LogP contribution in [0.4, 0.5) is 22.7 Å². The lowest BCUT2D eigenvalue weighted by atomic mass is 10.2. The second-order valence-corrected chi connectivity index (χ2v) is 8.47. The molecule has 0 bridgehead atoms. The maximum absolute atomic E-state index is 11.9. The SMILES string of the molecule is CC1CN(c2ccc(Nc3cccc(S(C)(=O)=O)c3[N+](=O)[O-])cc2)CCO1. The molecule has 1 aliphatic rings. The molecule has 1 heterocycles. The van der Waals surface area contributed by atoms with E-state index >= 15 is 0 Å². The molecule has 0 aromatic heterocycles. The topological polar surface area (TPSA) is 102 Å². The Hall–Kier alpha value is -2.65. The molecule has 2 aromatic rings. The van der Waals surface area contributed by atoms with Crippen LogP contribution in [0.15, 0.2) is 47.4 Å². The molecule has 0 spiro atoms. The number of anilines is 3. The molecule has 9 heteroatoms. The maximum atomic E-state index is 11.9. The molecular formula is C18H21N3O5S. The van der Waals surface area contributed by atoms with Gasteiger partial charge >= 0.3 is 5.69 Å². The molecule has 0 amide bonds. The van der Waals surface area contributed by atoms with Gasteiger partial charge in [-0.25, -0.2) is 8.42 Å². The van der Waals surface area contributed by atoms with Crippen molar-refractivity contribution in [3.05, 3.63) is 52.6 Å². The zero-order chi connectivity index (χ0) is 19.6. The first-order valence-electron chi connectivity index (χ1n) is 8.47. The lowest BCUT2D eigenvalue weighted by Crippen LogP contribution is -2.41. The number of hydrogen-bond acceptors (Lipinski definition) is 7. The third-order valence-corrected chi connectivity index (χ3v) is 5.46. The van der Waals surface area contributed by atoms with E-state index in [1.807, 2.05) is 31.2 Å². The normalized spacial score (nSPS) is 17.6. The Labute approximate surface area is 157 Å². The zero-order valence-electron chi connectivity index (χ0n) is 15.1. The van der Waals surface area contributed by atoms with Gasteiger partial charge in [0.15, 0.2) is 9.84 Å². The molecule has 0 saturated carbocycles. The second kappa shape index (κ2) is 7.53. The summed E-state index contributed by atoms with van der Waals surface area (Å²) in [7, 11) is -3.72. The molecule has 144 valence electrons. The van der Waals surface area contributed by atoms with E-state index in [0.717, 1.165) is 25.0 Å². The van der Waals surface area contributed by atoms with Crippen molar-refractivity contribution in [2.75, 3.05) is 36.2 Å². The van der Waals surface area contributed by atoms with Gasteiger partial charge in [-0.2, -0.15) is 0 Å². The van der Waals surface area contributed by atoms with Gasteiger partial charge in [-0.3, -0.25) is 10.1 Å². The van der Waals surface area contributed by atoms with Gasteiger partial charge in [0, 0.05) is 30.7 Å². The van der Waals surface area contributed by atoms with Crippen molar-refractivity contribution < 1.29 is 18.1 Å². The van der Waals surface area contributed by atoms with Crippen LogP contribution in [0.3, 0.4) is 0 Å². The van der Waals surface area contributed by atoms with Gasteiger partial charge in [-0.05, 0) is 43.3 Å². The Morgan fingerprint density at radius 3 is 2.52 bits per heavy atom. The number of para-hydroxylation sites is 1. The van der Waals surface area contributed by atoms with Crippen molar-refractivity contribution >= 4 is 32.6 Å². The average Bonchev–Trinajstić information content (AvgIpc) is 2.61. The number of nitrogens with zero attached hydrogens (tertiary/aromatic N) is 2. The first-order valence-corrected chi connectivity index (χ1v) is 10.4. The van der Waals surface area contributed by atoms with Crippen LogP contribution in [0, 0.1) is 10.1 Å². The fourth-order valence-corrected chi connectivity index (χ4v) is 3.94. The summed E-state index contributed by atoms with van der Waals surface area (Å²) in [6.07, 6.45) is 1.12. The summed E-state index contributed by atoms with van der Waals surface area (Å²) >= 11 is 0. The van der Waals surface area contributed by atoms with Crippen LogP contribution < -0.4 is 10.2 Å². The number of nitro groups is 1. The third-order valence-electron chi connectivity index (χ3n) is 4.33. The van der Waals surface area contributed by atoms with Crippen LogP contribution in [0.2, 0.25) is 0 Å². The maximum Gasteiger partial charge on any atom is 0.311 e. The number of nitrogens with one attached hydrogen (secondary N) is 1. The highest BCUT2D eigenvalue weighted by Gasteiger charge is 2.26.